The lowest BCUT2D eigenvalue weighted by molar-refractivity contribution is -0.155. The predicted molar refractivity (Wildman–Crippen MR) is 178 cm³/mol. The first-order valence-corrected chi connectivity index (χ1v) is 16.2. The van der Waals surface area contributed by atoms with Crippen molar-refractivity contribution in [2.24, 2.45) is 11.8 Å². The zero-order chi connectivity index (χ0) is 37.1. The van der Waals surface area contributed by atoms with Gasteiger partial charge in [-0.2, -0.15) is 0 Å². The van der Waals surface area contributed by atoms with E-state index in [2.05, 4.69) is 21.7 Å². The van der Waals surface area contributed by atoms with Crippen molar-refractivity contribution < 1.29 is 58.7 Å². The molecule has 3 unspecified atom stereocenters. The molecular weight excluding hydrogens is 656 g/mol. The average Bonchev–Trinajstić information content (AvgIpc) is 3.32. The molecule has 1 aromatic heterocycles. The quantitative estimate of drug-likeness (QED) is 0.0715. The molecule has 0 radical (unpaired) electrons. The van der Waals surface area contributed by atoms with Crippen LogP contribution >= 0.6 is 0 Å². The van der Waals surface area contributed by atoms with Crippen LogP contribution in [0.25, 0.3) is 0 Å². The van der Waals surface area contributed by atoms with Crippen molar-refractivity contribution in [2.45, 2.75) is 51.6 Å². The van der Waals surface area contributed by atoms with E-state index in [-0.39, 0.29) is 36.2 Å². The summed E-state index contributed by atoms with van der Waals surface area (Å²) in [4.78, 5) is 87.0. The van der Waals surface area contributed by atoms with Gasteiger partial charge in [-0.15, -0.1) is 0 Å². The number of fused-ring (bicyclic) bond motifs is 1. The smallest absolute Gasteiger partial charge is 0.328 e. The monoisotopic (exact) mass is 700 g/mol. The number of unbranched alkanes of at least 4 members (excludes halogenated alkanes) is 2. The number of aliphatic carboxylic acids is 4. The number of hydrogen-bond acceptors (Lipinski definition) is 11. The number of likely N-dealkylation sites (tertiary alicyclic amines) is 1. The zero-order valence-corrected chi connectivity index (χ0v) is 27.8. The van der Waals surface area contributed by atoms with Crippen molar-refractivity contribution in [1.82, 2.24) is 14.8 Å². The summed E-state index contributed by atoms with van der Waals surface area (Å²) in [5.74, 6) is -5.08. The molecule has 2 aliphatic heterocycles. The Morgan fingerprint density at radius 3 is 1.76 bits per heavy atom. The molecule has 2 fully saturated rings. The molecule has 3 aliphatic rings. The van der Waals surface area contributed by atoms with Crippen molar-refractivity contribution in [2.75, 3.05) is 44.2 Å². The van der Waals surface area contributed by atoms with E-state index in [1.165, 1.54) is 4.90 Å². The van der Waals surface area contributed by atoms with E-state index < -0.39 is 30.0 Å². The van der Waals surface area contributed by atoms with E-state index >= 15 is 0 Å². The second-order valence-electron chi connectivity index (χ2n) is 11.5. The van der Waals surface area contributed by atoms with Gasteiger partial charge in [0.15, 0.2) is 0 Å². The number of imide groups is 1. The first kappa shape index (κ1) is 40.8. The van der Waals surface area contributed by atoms with Crippen LogP contribution in [0.15, 0.2) is 60.9 Å². The second kappa shape index (κ2) is 21.6. The minimum Gasteiger partial charge on any atom is -0.478 e. The molecule has 0 bridgehead atoms. The van der Waals surface area contributed by atoms with E-state index in [0.717, 1.165) is 51.3 Å². The van der Waals surface area contributed by atoms with Crippen LogP contribution in [0.1, 0.15) is 45.4 Å². The molecule has 0 aromatic carbocycles. The van der Waals surface area contributed by atoms with Gasteiger partial charge in [0.2, 0.25) is 11.8 Å². The highest BCUT2D eigenvalue weighted by Gasteiger charge is 2.48. The summed E-state index contributed by atoms with van der Waals surface area (Å²) >= 11 is 0. The standard InChI is InChI=1S/C26H36N4O4.2C4H4O4/c1-2-3-4-12-24(31)34-20(19-30-25(32)21-9-5-6-10-22(21)26(30)33)18-28-14-16-29(17-15-28)23-11-7-8-13-27-23;2*5-3(6)1-2-4(7)8/h5-8,11,13,20-22H,2-4,9-10,12,14-19H2,1H3;2*1-2H,(H,5,6)(H,7,8)/b;2*2-1-. The molecule has 3 atom stereocenters. The third-order valence-corrected chi connectivity index (χ3v) is 7.81. The summed E-state index contributed by atoms with van der Waals surface area (Å²) in [6.07, 6.45) is 11.9. The number of carbonyl (C=O) groups excluding carboxylic acids is 3. The van der Waals surface area contributed by atoms with Crippen LogP contribution in [-0.4, -0.2) is 122 Å². The minimum atomic E-state index is -1.26. The van der Waals surface area contributed by atoms with Crippen LogP contribution in [0, 0.1) is 11.8 Å². The molecule has 16 heteroatoms. The highest BCUT2D eigenvalue weighted by Crippen LogP contribution is 2.35. The fourth-order valence-electron chi connectivity index (χ4n) is 5.42. The van der Waals surface area contributed by atoms with Gasteiger partial charge in [0.25, 0.3) is 0 Å². The van der Waals surface area contributed by atoms with Crippen molar-refractivity contribution in [3.63, 3.8) is 0 Å². The number of rotatable bonds is 14. The van der Waals surface area contributed by atoms with Crippen LogP contribution in [-0.2, 0) is 38.3 Å². The first-order valence-electron chi connectivity index (χ1n) is 16.2. The number of piperazine rings is 1. The molecule has 4 rings (SSSR count). The fraction of sp³-hybridized carbons (Fsp3) is 0.471. The molecule has 3 heterocycles. The minimum absolute atomic E-state index is 0.119. The number of allylic oxidation sites excluding steroid dienone is 2. The number of carboxylic acids is 4. The first-order chi connectivity index (χ1) is 23.8. The molecule has 2 amide bonds. The largest absolute Gasteiger partial charge is 0.478 e. The summed E-state index contributed by atoms with van der Waals surface area (Å²) in [5, 5.41) is 31.2. The molecule has 4 N–H and O–H groups in total. The summed E-state index contributed by atoms with van der Waals surface area (Å²) in [7, 11) is 0. The van der Waals surface area contributed by atoms with Gasteiger partial charge in [0, 0.05) is 69.6 Å². The maximum Gasteiger partial charge on any atom is 0.328 e. The maximum absolute atomic E-state index is 13.0. The molecule has 2 saturated heterocycles. The van der Waals surface area contributed by atoms with Crippen molar-refractivity contribution >= 4 is 47.5 Å². The highest BCUT2D eigenvalue weighted by atomic mass is 16.5. The Morgan fingerprint density at radius 1 is 0.800 bits per heavy atom. The van der Waals surface area contributed by atoms with Gasteiger partial charge in [-0.25, -0.2) is 24.2 Å². The van der Waals surface area contributed by atoms with Gasteiger partial charge in [0.05, 0.1) is 18.4 Å². The van der Waals surface area contributed by atoms with Crippen molar-refractivity contribution in [3.8, 4) is 0 Å². The molecule has 16 nitrogen and oxygen atoms in total. The van der Waals surface area contributed by atoms with Crippen molar-refractivity contribution in [3.05, 3.63) is 60.9 Å². The summed E-state index contributed by atoms with van der Waals surface area (Å²) in [5.41, 5.74) is 0. The lowest BCUT2D eigenvalue weighted by Gasteiger charge is -2.37. The summed E-state index contributed by atoms with van der Waals surface area (Å²) in [6, 6.07) is 5.90. The van der Waals surface area contributed by atoms with E-state index in [1.54, 1.807) is 6.20 Å². The SMILES string of the molecule is CCCCCC(=O)OC(CN1CCN(c2ccccn2)CC1)CN1C(=O)C2CC=CCC2C1=O.O=C(O)/C=C\C(=O)O.O=C(O)/C=C\C(=O)O. The maximum atomic E-state index is 13.0. The lowest BCUT2D eigenvalue weighted by Crippen LogP contribution is -2.51. The fourth-order valence-corrected chi connectivity index (χ4v) is 5.42. The summed E-state index contributed by atoms with van der Waals surface area (Å²) in [6.45, 7) is 6.01. The van der Waals surface area contributed by atoms with E-state index in [9.17, 15) is 33.6 Å². The molecular formula is C34H44N4O12. The molecule has 50 heavy (non-hydrogen) atoms. The number of hydrogen-bond donors (Lipinski definition) is 4. The van der Waals surface area contributed by atoms with Crippen LogP contribution < -0.4 is 4.90 Å². The number of carbonyl (C=O) groups is 7. The zero-order valence-electron chi connectivity index (χ0n) is 27.8. The number of aromatic nitrogens is 1. The topological polar surface area (TPSA) is 232 Å². The molecule has 0 saturated carbocycles. The molecule has 1 aliphatic carbocycles. The van der Waals surface area contributed by atoms with E-state index in [0.29, 0.717) is 50.1 Å². The number of anilines is 1. The Hall–Kier alpha value is -5.38. The Kier molecular flexibility index (Phi) is 17.6. The Morgan fingerprint density at radius 2 is 1.32 bits per heavy atom. The number of pyridine rings is 1. The number of carboxylic acid groups (broad SMARTS) is 4. The van der Waals surface area contributed by atoms with Crippen molar-refractivity contribution in [1.29, 1.82) is 0 Å². The number of amides is 2. The van der Waals surface area contributed by atoms with E-state index in [1.807, 2.05) is 30.4 Å². The molecule has 272 valence electrons. The van der Waals surface area contributed by atoms with Crippen LogP contribution in [0.3, 0.4) is 0 Å². The Bertz CT molecular complexity index is 1330. The third kappa shape index (κ3) is 14.8. The Balaban J connectivity index is 0.000000450. The number of ether oxygens (including phenoxy) is 1. The highest BCUT2D eigenvalue weighted by molar-refractivity contribution is 6.05. The van der Waals surface area contributed by atoms with Gasteiger partial charge in [-0.3, -0.25) is 24.2 Å². The molecule has 0 spiro atoms. The number of esters is 1. The van der Waals surface area contributed by atoms with Crippen LogP contribution in [0.5, 0.6) is 0 Å². The summed E-state index contributed by atoms with van der Waals surface area (Å²) < 4.78 is 5.86. The third-order valence-electron chi connectivity index (χ3n) is 7.81. The van der Waals surface area contributed by atoms with Crippen LogP contribution in [0.4, 0.5) is 5.82 Å². The van der Waals surface area contributed by atoms with Crippen LogP contribution in [0.2, 0.25) is 0 Å². The van der Waals surface area contributed by atoms with Gasteiger partial charge in [-0.1, -0.05) is 38.0 Å². The lowest BCUT2D eigenvalue weighted by atomic mass is 9.85. The van der Waals surface area contributed by atoms with E-state index in [4.69, 9.17) is 25.2 Å². The predicted octanol–water partition coefficient (Wildman–Crippen LogP) is 2.07. The second-order valence-corrected chi connectivity index (χ2v) is 11.5. The van der Waals surface area contributed by atoms with Gasteiger partial charge in [-0.05, 0) is 31.4 Å². The normalized spacial score (nSPS) is 19.2. The molecule has 1 aromatic rings. The van der Waals surface area contributed by atoms with Gasteiger partial charge < -0.3 is 30.1 Å². The van der Waals surface area contributed by atoms with Gasteiger partial charge in [0.1, 0.15) is 11.9 Å². The average molecular weight is 701 g/mol. The van der Waals surface area contributed by atoms with Gasteiger partial charge >= 0.3 is 29.8 Å². The Labute approximate surface area is 289 Å². The number of nitrogens with zero attached hydrogens (tertiary/aromatic N) is 4.